The SMILES string of the molecule is Cc1ccc(S(=O)(=O)NCC2CN(c3cccs3)C(=O)O2)cc1C. The number of aryl methyl sites for hydroxylation is 2. The third kappa shape index (κ3) is 3.45. The molecule has 1 atom stereocenters. The zero-order chi connectivity index (χ0) is 17.3. The van der Waals surface area contributed by atoms with Gasteiger partial charge in [0.15, 0.2) is 0 Å². The van der Waals surface area contributed by atoms with Gasteiger partial charge >= 0.3 is 6.09 Å². The number of hydrogen-bond acceptors (Lipinski definition) is 5. The van der Waals surface area contributed by atoms with E-state index < -0.39 is 22.2 Å². The summed E-state index contributed by atoms with van der Waals surface area (Å²) < 4.78 is 32.5. The monoisotopic (exact) mass is 366 g/mol. The molecule has 1 aliphatic rings. The summed E-state index contributed by atoms with van der Waals surface area (Å²) in [6, 6.07) is 8.66. The standard InChI is InChI=1S/C16H18N2O4S2/c1-11-5-6-14(8-12(11)2)24(20,21)17-9-13-10-18(16(19)22-13)15-4-3-7-23-15/h3-8,13,17H,9-10H2,1-2H3. The number of thiophene rings is 1. The van der Waals surface area contributed by atoms with Gasteiger partial charge in [-0.15, -0.1) is 11.3 Å². The number of anilines is 1. The smallest absolute Gasteiger partial charge is 0.415 e. The summed E-state index contributed by atoms with van der Waals surface area (Å²) in [5, 5.41) is 2.66. The number of amides is 1. The second-order valence-corrected chi connectivity index (χ2v) is 8.36. The molecule has 0 aliphatic carbocycles. The maximum Gasteiger partial charge on any atom is 0.415 e. The van der Waals surface area contributed by atoms with Gasteiger partial charge in [-0.1, -0.05) is 6.07 Å². The van der Waals surface area contributed by atoms with Crippen molar-refractivity contribution < 1.29 is 17.9 Å². The van der Waals surface area contributed by atoms with E-state index in [0.29, 0.717) is 6.54 Å². The quantitative estimate of drug-likeness (QED) is 0.883. The van der Waals surface area contributed by atoms with Gasteiger partial charge in [-0.25, -0.2) is 17.9 Å². The highest BCUT2D eigenvalue weighted by Crippen LogP contribution is 2.26. The summed E-state index contributed by atoms with van der Waals surface area (Å²) in [5.41, 5.74) is 1.94. The molecule has 1 amide bonds. The van der Waals surface area contributed by atoms with Crippen molar-refractivity contribution in [3.63, 3.8) is 0 Å². The van der Waals surface area contributed by atoms with E-state index in [4.69, 9.17) is 4.74 Å². The summed E-state index contributed by atoms with van der Waals surface area (Å²) in [5.74, 6) is 0. The van der Waals surface area contributed by atoms with Crippen LogP contribution in [0.15, 0.2) is 40.6 Å². The molecule has 1 saturated heterocycles. The molecule has 1 aromatic carbocycles. The molecule has 1 aliphatic heterocycles. The summed E-state index contributed by atoms with van der Waals surface area (Å²) in [7, 11) is -3.63. The minimum atomic E-state index is -3.63. The van der Waals surface area contributed by atoms with Gasteiger partial charge in [-0.3, -0.25) is 4.90 Å². The number of ether oxygens (including phenoxy) is 1. The Morgan fingerprint density at radius 1 is 1.29 bits per heavy atom. The van der Waals surface area contributed by atoms with E-state index >= 15 is 0 Å². The number of sulfonamides is 1. The van der Waals surface area contributed by atoms with Crippen molar-refractivity contribution >= 4 is 32.5 Å². The molecule has 0 saturated carbocycles. The molecule has 3 rings (SSSR count). The molecule has 2 aromatic rings. The van der Waals surface area contributed by atoms with E-state index in [0.717, 1.165) is 16.1 Å². The number of hydrogen-bond donors (Lipinski definition) is 1. The van der Waals surface area contributed by atoms with Crippen molar-refractivity contribution in [2.24, 2.45) is 0 Å². The van der Waals surface area contributed by atoms with E-state index in [2.05, 4.69) is 4.72 Å². The Bertz CT molecular complexity index is 847. The molecule has 6 nitrogen and oxygen atoms in total. The predicted octanol–water partition coefficient (Wildman–Crippen LogP) is 2.67. The van der Waals surface area contributed by atoms with Crippen molar-refractivity contribution in [2.45, 2.75) is 24.8 Å². The largest absolute Gasteiger partial charge is 0.443 e. The number of carbonyl (C=O) groups is 1. The number of nitrogens with zero attached hydrogens (tertiary/aromatic N) is 1. The zero-order valence-electron chi connectivity index (χ0n) is 13.4. The highest BCUT2D eigenvalue weighted by atomic mass is 32.2. The Morgan fingerprint density at radius 2 is 2.08 bits per heavy atom. The Balaban J connectivity index is 1.65. The van der Waals surface area contributed by atoms with Gasteiger partial charge < -0.3 is 4.74 Å². The number of rotatable bonds is 5. The molecular weight excluding hydrogens is 348 g/mol. The van der Waals surface area contributed by atoms with Crippen LogP contribution in [0.3, 0.4) is 0 Å². The zero-order valence-corrected chi connectivity index (χ0v) is 15.0. The molecule has 0 spiro atoms. The number of carbonyl (C=O) groups excluding carboxylic acids is 1. The Hall–Kier alpha value is -1.90. The topological polar surface area (TPSA) is 75.7 Å². The van der Waals surface area contributed by atoms with Crippen LogP contribution >= 0.6 is 11.3 Å². The normalized spacial score (nSPS) is 18.0. The maximum atomic E-state index is 12.4. The summed E-state index contributed by atoms with van der Waals surface area (Å²) in [4.78, 5) is 13.6. The summed E-state index contributed by atoms with van der Waals surface area (Å²) in [6.07, 6.45) is -0.964. The van der Waals surface area contributed by atoms with Gasteiger partial charge in [0.05, 0.1) is 11.4 Å². The van der Waals surface area contributed by atoms with E-state index in [1.54, 1.807) is 18.2 Å². The first-order valence-corrected chi connectivity index (χ1v) is 9.82. The minimum absolute atomic E-state index is 0.0445. The van der Waals surface area contributed by atoms with Crippen LogP contribution < -0.4 is 9.62 Å². The van der Waals surface area contributed by atoms with E-state index in [-0.39, 0.29) is 11.4 Å². The molecule has 1 unspecified atom stereocenters. The molecule has 8 heteroatoms. The fourth-order valence-corrected chi connectivity index (χ4v) is 4.28. The van der Waals surface area contributed by atoms with Crippen LogP contribution in [0.4, 0.5) is 9.80 Å². The molecule has 0 radical (unpaired) electrons. The molecule has 128 valence electrons. The number of nitrogens with one attached hydrogen (secondary N) is 1. The number of cyclic esters (lactones) is 1. The second kappa shape index (κ2) is 6.54. The van der Waals surface area contributed by atoms with E-state index in [1.165, 1.54) is 16.2 Å². The van der Waals surface area contributed by atoms with Crippen LogP contribution in [-0.4, -0.2) is 33.7 Å². The average Bonchev–Trinajstić information content (AvgIpc) is 3.17. The fraction of sp³-hybridized carbons (Fsp3) is 0.312. The Labute approximate surface area is 145 Å². The third-order valence-electron chi connectivity index (χ3n) is 3.94. The lowest BCUT2D eigenvalue weighted by Crippen LogP contribution is -2.34. The van der Waals surface area contributed by atoms with Gasteiger partial charge in [-0.05, 0) is 54.6 Å². The number of benzene rings is 1. The highest BCUT2D eigenvalue weighted by molar-refractivity contribution is 7.89. The lowest BCUT2D eigenvalue weighted by molar-refractivity contribution is 0.143. The Morgan fingerprint density at radius 3 is 2.75 bits per heavy atom. The maximum absolute atomic E-state index is 12.4. The molecular formula is C16H18N2O4S2. The van der Waals surface area contributed by atoms with Crippen molar-refractivity contribution in [1.29, 1.82) is 0 Å². The first kappa shape index (κ1) is 16.9. The van der Waals surface area contributed by atoms with Crippen molar-refractivity contribution in [3.05, 3.63) is 46.8 Å². The van der Waals surface area contributed by atoms with Gasteiger partial charge in [0.1, 0.15) is 11.1 Å². The van der Waals surface area contributed by atoms with E-state index in [1.807, 2.05) is 31.4 Å². The molecule has 1 fully saturated rings. The second-order valence-electron chi connectivity index (χ2n) is 5.67. The molecule has 1 N–H and O–H groups in total. The Kier molecular flexibility index (Phi) is 4.62. The lowest BCUT2D eigenvalue weighted by atomic mass is 10.1. The van der Waals surface area contributed by atoms with Crippen LogP contribution in [0.2, 0.25) is 0 Å². The van der Waals surface area contributed by atoms with E-state index in [9.17, 15) is 13.2 Å². The third-order valence-corrected chi connectivity index (χ3v) is 6.25. The van der Waals surface area contributed by atoms with Gasteiger partial charge in [-0.2, -0.15) is 0 Å². The fourth-order valence-electron chi connectivity index (χ4n) is 2.40. The summed E-state index contributed by atoms with van der Waals surface area (Å²) in [6.45, 7) is 4.17. The van der Waals surface area contributed by atoms with Crippen molar-refractivity contribution in [3.8, 4) is 0 Å². The van der Waals surface area contributed by atoms with Crippen LogP contribution in [-0.2, 0) is 14.8 Å². The van der Waals surface area contributed by atoms with Crippen molar-refractivity contribution in [2.75, 3.05) is 18.0 Å². The molecule has 24 heavy (non-hydrogen) atoms. The molecule has 0 bridgehead atoms. The first-order valence-electron chi connectivity index (χ1n) is 7.45. The van der Waals surface area contributed by atoms with Crippen molar-refractivity contribution in [1.82, 2.24) is 4.72 Å². The lowest BCUT2D eigenvalue weighted by Gasteiger charge is -2.12. The van der Waals surface area contributed by atoms with Gasteiger partial charge in [0, 0.05) is 6.54 Å². The molecule has 2 heterocycles. The predicted molar refractivity (Wildman–Crippen MR) is 93.0 cm³/mol. The first-order chi connectivity index (χ1) is 11.4. The van der Waals surface area contributed by atoms with Crippen LogP contribution in [0, 0.1) is 13.8 Å². The minimum Gasteiger partial charge on any atom is -0.443 e. The van der Waals surface area contributed by atoms with Crippen LogP contribution in [0.25, 0.3) is 0 Å². The van der Waals surface area contributed by atoms with Gasteiger partial charge in [0.25, 0.3) is 0 Å². The highest BCUT2D eigenvalue weighted by Gasteiger charge is 2.33. The van der Waals surface area contributed by atoms with Gasteiger partial charge in [0.2, 0.25) is 10.0 Å². The summed E-state index contributed by atoms with van der Waals surface area (Å²) >= 11 is 1.44. The van der Waals surface area contributed by atoms with Crippen LogP contribution in [0.5, 0.6) is 0 Å². The van der Waals surface area contributed by atoms with Crippen LogP contribution in [0.1, 0.15) is 11.1 Å². The average molecular weight is 366 g/mol. The molecule has 1 aromatic heterocycles.